The van der Waals surface area contributed by atoms with Gasteiger partial charge in [0.1, 0.15) is 5.75 Å². The molecule has 4 N–H and O–H groups in total. The molecule has 0 saturated heterocycles. The molecule has 2 aromatic carbocycles. The van der Waals surface area contributed by atoms with Crippen molar-refractivity contribution in [2.24, 2.45) is 5.10 Å². The number of aromatic hydroxyl groups is 1. The Labute approximate surface area is 138 Å². The summed E-state index contributed by atoms with van der Waals surface area (Å²) < 4.78 is 1.34. The van der Waals surface area contributed by atoms with Crippen LogP contribution >= 0.6 is 31.9 Å². The molecule has 0 aliphatic carbocycles. The van der Waals surface area contributed by atoms with Crippen molar-refractivity contribution in [2.75, 3.05) is 5.73 Å². The number of anilines is 1. The molecule has 0 aromatic heterocycles. The lowest BCUT2D eigenvalue weighted by atomic mass is 10.2. The van der Waals surface area contributed by atoms with E-state index in [0.717, 1.165) is 4.47 Å². The maximum absolute atomic E-state index is 12.0. The van der Waals surface area contributed by atoms with Crippen molar-refractivity contribution in [2.45, 2.75) is 0 Å². The molecule has 21 heavy (non-hydrogen) atoms. The van der Waals surface area contributed by atoms with Gasteiger partial charge in [-0.2, -0.15) is 5.10 Å². The molecule has 2 rings (SSSR count). The zero-order chi connectivity index (χ0) is 15.4. The number of nitrogens with two attached hydrogens (primary N) is 1. The first-order valence-corrected chi connectivity index (χ1v) is 7.43. The molecule has 0 spiro atoms. The highest BCUT2D eigenvalue weighted by molar-refractivity contribution is 9.11. The second-order valence-corrected chi connectivity index (χ2v) is 5.88. The van der Waals surface area contributed by atoms with Gasteiger partial charge in [0.25, 0.3) is 5.91 Å². The zero-order valence-electron chi connectivity index (χ0n) is 10.7. The highest BCUT2D eigenvalue weighted by Crippen LogP contribution is 2.28. The molecule has 0 bridgehead atoms. The van der Waals surface area contributed by atoms with Crippen LogP contribution in [0.1, 0.15) is 15.9 Å². The summed E-state index contributed by atoms with van der Waals surface area (Å²) in [6.45, 7) is 0. The first-order valence-electron chi connectivity index (χ1n) is 5.85. The fourth-order valence-electron chi connectivity index (χ4n) is 1.59. The van der Waals surface area contributed by atoms with Crippen LogP contribution in [0.25, 0.3) is 0 Å². The highest BCUT2D eigenvalue weighted by atomic mass is 79.9. The van der Waals surface area contributed by atoms with Crippen LogP contribution in [-0.2, 0) is 0 Å². The summed E-state index contributed by atoms with van der Waals surface area (Å²) in [6.07, 6.45) is 1.36. The van der Waals surface area contributed by atoms with E-state index < -0.39 is 5.91 Å². The van der Waals surface area contributed by atoms with Crippen LogP contribution in [0.3, 0.4) is 0 Å². The Balaban J connectivity index is 2.14. The molecular formula is C14H11Br2N3O2. The minimum atomic E-state index is -0.443. The Morgan fingerprint density at radius 2 is 2.00 bits per heavy atom. The van der Waals surface area contributed by atoms with Gasteiger partial charge in [0.2, 0.25) is 0 Å². The third-order valence-corrected chi connectivity index (χ3v) is 3.76. The SMILES string of the molecule is Nc1c(Br)cc(Br)cc1C(=O)N/N=C/c1ccccc1O. The van der Waals surface area contributed by atoms with Gasteiger partial charge in [0.05, 0.1) is 17.5 Å². The van der Waals surface area contributed by atoms with Gasteiger partial charge in [0.15, 0.2) is 0 Å². The standard InChI is InChI=1S/C14H11Br2N3O2/c15-9-5-10(13(17)11(16)6-9)14(21)19-18-7-8-3-1-2-4-12(8)20/h1-7,20H,17H2,(H,19,21)/b18-7+. The molecule has 108 valence electrons. The fourth-order valence-corrected chi connectivity index (χ4v) is 2.82. The number of phenolic OH excluding ortho intramolecular Hbond substituents is 1. The molecule has 0 atom stereocenters. The lowest BCUT2D eigenvalue weighted by Gasteiger charge is -2.07. The van der Waals surface area contributed by atoms with Crippen LogP contribution in [0.4, 0.5) is 5.69 Å². The largest absolute Gasteiger partial charge is 0.507 e. The van der Waals surface area contributed by atoms with E-state index in [0.29, 0.717) is 21.3 Å². The summed E-state index contributed by atoms with van der Waals surface area (Å²) >= 11 is 6.57. The van der Waals surface area contributed by atoms with Crippen LogP contribution in [-0.4, -0.2) is 17.2 Å². The number of hydrazone groups is 1. The maximum Gasteiger partial charge on any atom is 0.273 e. The maximum atomic E-state index is 12.0. The topological polar surface area (TPSA) is 87.7 Å². The number of nitrogens with zero attached hydrogens (tertiary/aromatic N) is 1. The monoisotopic (exact) mass is 411 g/mol. The molecule has 1 amide bonds. The van der Waals surface area contributed by atoms with Crippen LogP contribution in [0, 0.1) is 0 Å². The quantitative estimate of drug-likeness (QED) is 0.410. The summed E-state index contributed by atoms with van der Waals surface area (Å²) in [5, 5.41) is 13.4. The summed E-state index contributed by atoms with van der Waals surface area (Å²) in [5.41, 5.74) is 9.33. The number of hydrogen-bond acceptors (Lipinski definition) is 4. The molecule has 5 nitrogen and oxygen atoms in total. The predicted molar refractivity (Wildman–Crippen MR) is 89.4 cm³/mol. The van der Waals surface area contributed by atoms with Gasteiger partial charge in [-0.25, -0.2) is 5.43 Å². The Hall–Kier alpha value is -1.86. The second-order valence-electron chi connectivity index (χ2n) is 4.11. The number of phenols is 1. The predicted octanol–water partition coefficient (Wildman–Crippen LogP) is 3.26. The van der Waals surface area contributed by atoms with E-state index in [2.05, 4.69) is 42.4 Å². The smallest absolute Gasteiger partial charge is 0.273 e. The average molecular weight is 413 g/mol. The number of hydrogen-bond donors (Lipinski definition) is 3. The third-order valence-electron chi connectivity index (χ3n) is 2.65. The van der Waals surface area contributed by atoms with E-state index in [4.69, 9.17) is 5.73 Å². The minimum Gasteiger partial charge on any atom is -0.507 e. The molecule has 0 heterocycles. The van der Waals surface area contributed by atoms with Crippen molar-refractivity contribution in [1.82, 2.24) is 5.43 Å². The van der Waals surface area contributed by atoms with Crippen LogP contribution in [0.2, 0.25) is 0 Å². The van der Waals surface area contributed by atoms with E-state index in [-0.39, 0.29) is 5.75 Å². The Kier molecular flexibility index (Phi) is 4.98. The van der Waals surface area contributed by atoms with E-state index in [1.807, 2.05) is 0 Å². The molecule has 0 saturated carbocycles. The summed E-state index contributed by atoms with van der Waals surface area (Å²) in [5.74, 6) is -0.360. The van der Waals surface area contributed by atoms with Gasteiger partial charge in [-0.05, 0) is 40.2 Å². The Morgan fingerprint density at radius 3 is 2.71 bits per heavy atom. The number of amides is 1. The normalized spacial score (nSPS) is 10.8. The number of carbonyl (C=O) groups excluding carboxylic acids is 1. The van der Waals surface area contributed by atoms with Gasteiger partial charge in [-0.15, -0.1) is 0 Å². The first-order chi connectivity index (χ1) is 9.99. The number of benzene rings is 2. The summed E-state index contributed by atoms with van der Waals surface area (Å²) in [7, 11) is 0. The van der Waals surface area contributed by atoms with E-state index in [1.54, 1.807) is 30.3 Å². The van der Waals surface area contributed by atoms with E-state index >= 15 is 0 Å². The van der Waals surface area contributed by atoms with Crippen molar-refractivity contribution in [3.05, 3.63) is 56.5 Å². The van der Waals surface area contributed by atoms with Gasteiger partial charge in [0, 0.05) is 14.5 Å². The third kappa shape index (κ3) is 3.83. The van der Waals surface area contributed by atoms with E-state index in [1.165, 1.54) is 12.3 Å². The highest BCUT2D eigenvalue weighted by Gasteiger charge is 2.12. The Bertz CT molecular complexity index is 717. The number of nitrogens with one attached hydrogen (secondary N) is 1. The fraction of sp³-hybridized carbons (Fsp3) is 0. The van der Waals surface area contributed by atoms with Crippen molar-refractivity contribution in [3.8, 4) is 5.75 Å². The van der Waals surface area contributed by atoms with Crippen LogP contribution < -0.4 is 11.2 Å². The number of halogens is 2. The van der Waals surface area contributed by atoms with Gasteiger partial charge < -0.3 is 10.8 Å². The van der Waals surface area contributed by atoms with E-state index in [9.17, 15) is 9.90 Å². The number of rotatable bonds is 3. The number of para-hydroxylation sites is 1. The number of nitrogen functional groups attached to an aromatic ring is 1. The molecule has 0 unspecified atom stereocenters. The molecule has 0 aliphatic heterocycles. The van der Waals surface area contributed by atoms with Crippen molar-refractivity contribution < 1.29 is 9.90 Å². The van der Waals surface area contributed by atoms with Gasteiger partial charge in [-0.1, -0.05) is 28.1 Å². The van der Waals surface area contributed by atoms with Crippen LogP contribution in [0.15, 0.2) is 50.4 Å². The minimum absolute atomic E-state index is 0.0835. The molecule has 7 heteroatoms. The van der Waals surface area contributed by atoms with Crippen molar-refractivity contribution in [3.63, 3.8) is 0 Å². The number of carbonyl (C=O) groups is 1. The lowest BCUT2D eigenvalue weighted by molar-refractivity contribution is 0.0956. The zero-order valence-corrected chi connectivity index (χ0v) is 13.8. The van der Waals surface area contributed by atoms with Crippen molar-refractivity contribution in [1.29, 1.82) is 0 Å². The van der Waals surface area contributed by atoms with Crippen molar-refractivity contribution >= 4 is 49.7 Å². The Morgan fingerprint density at radius 1 is 1.29 bits per heavy atom. The average Bonchev–Trinajstić information content (AvgIpc) is 2.44. The molecular weight excluding hydrogens is 402 g/mol. The molecule has 0 aliphatic rings. The van der Waals surface area contributed by atoms with Crippen LogP contribution in [0.5, 0.6) is 5.75 Å². The van der Waals surface area contributed by atoms with Gasteiger partial charge in [-0.3, -0.25) is 4.79 Å². The molecule has 2 aromatic rings. The second kappa shape index (κ2) is 6.73. The summed E-state index contributed by atoms with van der Waals surface area (Å²) in [6, 6.07) is 10.0. The first kappa shape index (κ1) is 15.5. The molecule has 0 fully saturated rings. The summed E-state index contributed by atoms with van der Waals surface area (Å²) in [4.78, 5) is 12.0. The van der Waals surface area contributed by atoms with Gasteiger partial charge >= 0.3 is 0 Å². The molecule has 0 radical (unpaired) electrons. The lowest BCUT2D eigenvalue weighted by Crippen LogP contribution is -2.19.